The van der Waals surface area contributed by atoms with Crippen LogP contribution in [0.5, 0.6) is 5.75 Å². The summed E-state index contributed by atoms with van der Waals surface area (Å²) in [4.78, 5) is 0. The monoisotopic (exact) mass is 204 g/mol. The number of rotatable bonds is 1. The minimum Gasteiger partial charge on any atom is -0.567 e. The summed E-state index contributed by atoms with van der Waals surface area (Å²) in [5, 5.41) is 0. The normalized spacial score (nSPS) is 9.00. The molecule has 0 aromatic heterocycles. The van der Waals surface area contributed by atoms with E-state index in [-0.39, 0.29) is 0 Å². The molecule has 74 valence electrons. The lowest BCUT2D eigenvalue weighted by molar-refractivity contribution is 0.614. The van der Waals surface area contributed by atoms with Gasteiger partial charge in [-0.3, -0.25) is 0 Å². The molecule has 16 heavy (non-hydrogen) atoms. The van der Waals surface area contributed by atoms with Gasteiger partial charge < -0.3 is 4.65 Å². The molecule has 0 atom stereocenters. The molecule has 2 aromatic carbocycles. The Morgan fingerprint density at radius 2 is 1.50 bits per heavy atom. The maximum absolute atomic E-state index is 5.15. The highest BCUT2D eigenvalue weighted by Gasteiger charge is 1.95. The minimum absolute atomic E-state index is 0.589. The first-order valence-corrected chi connectivity index (χ1v) is 4.93. The molecular weight excluding hydrogens is 195 g/mol. The van der Waals surface area contributed by atoms with Crippen LogP contribution in [0.15, 0.2) is 54.6 Å². The fourth-order valence-electron chi connectivity index (χ4n) is 1.33. The van der Waals surface area contributed by atoms with Gasteiger partial charge in [-0.1, -0.05) is 42.2 Å². The van der Waals surface area contributed by atoms with Crippen LogP contribution in [0.25, 0.3) is 0 Å². The molecule has 0 fully saturated rings. The summed E-state index contributed by atoms with van der Waals surface area (Å²) in [6.45, 7) is 0. The van der Waals surface area contributed by atoms with Gasteiger partial charge >= 0.3 is 8.05 Å². The van der Waals surface area contributed by atoms with E-state index in [1.54, 1.807) is 6.07 Å². The number of hydrogen-bond acceptors (Lipinski definition) is 1. The SMILES string of the molecule is [B]Oc1ccccc1C#Cc1ccccc1. The largest absolute Gasteiger partial charge is 0.567 e. The summed E-state index contributed by atoms with van der Waals surface area (Å²) < 4.78 is 4.73. The van der Waals surface area contributed by atoms with Crippen LogP contribution in [0.2, 0.25) is 0 Å². The lowest BCUT2D eigenvalue weighted by Crippen LogP contribution is -1.88. The smallest absolute Gasteiger partial charge is 0.374 e. The third kappa shape index (κ3) is 2.46. The van der Waals surface area contributed by atoms with E-state index in [1.807, 2.05) is 48.5 Å². The Balaban J connectivity index is 2.31. The summed E-state index contributed by atoms with van der Waals surface area (Å²) in [6.07, 6.45) is 0. The number of benzene rings is 2. The molecule has 0 saturated carbocycles. The second kappa shape index (κ2) is 5.09. The molecule has 0 N–H and O–H groups in total. The van der Waals surface area contributed by atoms with Crippen molar-refractivity contribution >= 4 is 8.05 Å². The van der Waals surface area contributed by atoms with Crippen molar-refractivity contribution in [1.29, 1.82) is 0 Å². The first-order chi connectivity index (χ1) is 7.90. The Bertz CT molecular complexity index is 523. The number of para-hydroxylation sites is 1. The van der Waals surface area contributed by atoms with Crippen molar-refractivity contribution in [3.63, 3.8) is 0 Å². The van der Waals surface area contributed by atoms with Crippen LogP contribution in [-0.2, 0) is 0 Å². The molecule has 0 heterocycles. The van der Waals surface area contributed by atoms with Gasteiger partial charge in [-0.15, -0.1) is 0 Å². The molecule has 2 radical (unpaired) electrons. The van der Waals surface area contributed by atoms with Crippen LogP contribution in [-0.4, -0.2) is 8.05 Å². The van der Waals surface area contributed by atoms with Crippen LogP contribution in [0.4, 0.5) is 0 Å². The summed E-state index contributed by atoms with van der Waals surface area (Å²) in [7, 11) is 5.15. The Morgan fingerprint density at radius 3 is 2.25 bits per heavy atom. The van der Waals surface area contributed by atoms with Crippen molar-refractivity contribution in [2.45, 2.75) is 0 Å². The number of hydrogen-bond donors (Lipinski definition) is 0. The van der Waals surface area contributed by atoms with Crippen LogP contribution in [0.1, 0.15) is 11.1 Å². The van der Waals surface area contributed by atoms with Crippen molar-refractivity contribution < 1.29 is 4.65 Å². The van der Waals surface area contributed by atoms with Crippen LogP contribution in [0, 0.1) is 11.8 Å². The predicted octanol–water partition coefficient (Wildman–Crippen LogP) is 2.55. The maximum atomic E-state index is 5.15. The molecule has 0 aliphatic rings. The average molecular weight is 204 g/mol. The molecule has 2 rings (SSSR count). The Labute approximate surface area is 96.5 Å². The van der Waals surface area contributed by atoms with Gasteiger partial charge in [-0.2, -0.15) is 0 Å². The molecule has 0 aliphatic heterocycles. The van der Waals surface area contributed by atoms with E-state index >= 15 is 0 Å². The highest BCUT2D eigenvalue weighted by molar-refractivity contribution is 6.00. The highest BCUT2D eigenvalue weighted by Crippen LogP contribution is 2.15. The van der Waals surface area contributed by atoms with Crippen molar-refractivity contribution in [2.24, 2.45) is 0 Å². The van der Waals surface area contributed by atoms with Gasteiger partial charge in [-0.25, -0.2) is 0 Å². The quantitative estimate of drug-likeness (QED) is 0.512. The molecule has 0 unspecified atom stereocenters. The molecule has 0 aliphatic carbocycles. The molecule has 0 amide bonds. The van der Waals surface area contributed by atoms with E-state index in [4.69, 9.17) is 12.7 Å². The lowest BCUT2D eigenvalue weighted by Gasteiger charge is -2.01. The molecule has 1 nitrogen and oxygen atoms in total. The highest BCUT2D eigenvalue weighted by atomic mass is 16.4. The second-order valence-corrected chi connectivity index (χ2v) is 3.23. The summed E-state index contributed by atoms with van der Waals surface area (Å²) in [5.41, 5.74) is 1.75. The van der Waals surface area contributed by atoms with E-state index in [0.29, 0.717) is 5.75 Å². The molecule has 0 saturated heterocycles. The van der Waals surface area contributed by atoms with Gasteiger partial charge in [-0.05, 0) is 24.3 Å². The molecule has 0 spiro atoms. The average Bonchev–Trinajstić information content (AvgIpc) is 2.38. The summed E-state index contributed by atoms with van der Waals surface area (Å²) in [5.74, 6) is 6.66. The van der Waals surface area contributed by atoms with Crippen molar-refractivity contribution in [2.75, 3.05) is 0 Å². The van der Waals surface area contributed by atoms with E-state index in [0.717, 1.165) is 11.1 Å². The Hall–Kier alpha value is -2.14. The zero-order valence-electron chi connectivity index (χ0n) is 8.68. The fraction of sp³-hybridized carbons (Fsp3) is 0. The standard InChI is InChI=1S/C14H9BO/c15-16-14-9-5-4-8-13(14)11-10-12-6-2-1-3-7-12/h1-9H. The Kier molecular flexibility index (Phi) is 3.30. The molecular formula is C14H9BO. The first-order valence-electron chi connectivity index (χ1n) is 4.93. The zero-order valence-corrected chi connectivity index (χ0v) is 8.68. The predicted molar refractivity (Wildman–Crippen MR) is 65.2 cm³/mol. The third-order valence-corrected chi connectivity index (χ3v) is 2.13. The Morgan fingerprint density at radius 1 is 0.812 bits per heavy atom. The van der Waals surface area contributed by atoms with Crippen LogP contribution < -0.4 is 4.65 Å². The summed E-state index contributed by atoms with van der Waals surface area (Å²) in [6, 6.07) is 17.2. The van der Waals surface area contributed by atoms with Crippen molar-refractivity contribution in [1.82, 2.24) is 0 Å². The van der Waals surface area contributed by atoms with Crippen LogP contribution in [0.3, 0.4) is 0 Å². The topological polar surface area (TPSA) is 9.23 Å². The van der Waals surface area contributed by atoms with Crippen molar-refractivity contribution in [3.8, 4) is 17.6 Å². The van der Waals surface area contributed by atoms with Gasteiger partial charge in [0.25, 0.3) is 0 Å². The zero-order chi connectivity index (χ0) is 11.2. The third-order valence-electron chi connectivity index (χ3n) is 2.13. The van der Waals surface area contributed by atoms with E-state index in [2.05, 4.69) is 11.8 Å². The fourth-order valence-corrected chi connectivity index (χ4v) is 1.33. The molecule has 2 heteroatoms. The van der Waals surface area contributed by atoms with Gasteiger partial charge in [0.1, 0.15) is 5.75 Å². The van der Waals surface area contributed by atoms with Crippen molar-refractivity contribution in [3.05, 3.63) is 65.7 Å². The first kappa shape index (κ1) is 10.4. The second-order valence-electron chi connectivity index (χ2n) is 3.23. The minimum atomic E-state index is 0.589. The van der Waals surface area contributed by atoms with Gasteiger partial charge in [0, 0.05) is 5.56 Å². The maximum Gasteiger partial charge on any atom is 0.374 e. The van der Waals surface area contributed by atoms with Gasteiger partial charge in [0.15, 0.2) is 0 Å². The van der Waals surface area contributed by atoms with Gasteiger partial charge in [0.05, 0.1) is 5.56 Å². The molecule has 0 bridgehead atoms. The molecule has 2 aromatic rings. The van der Waals surface area contributed by atoms with Gasteiger partial charge in [0.2, 0.25) is 0 Å². The van der Waals surface area contributed by atoms with E-state index in [1.165, 1.54) is 0 Å². The van der Waals surface area contributed by atoms with E-state index < -0.39 is 0 Å². The van der Waals surface area contributed by atoms with Crippen LogP contribution >= 0.6 is 0 Å². The summed E-state index contributed by atoms with van der Waals surface area (Å²) >= 11 is 0. The lowest BCUT2D eigenvalue weighted by atomic mass is 10.1. The van der Waals surface area contributed by atoms with E-state index in [9.17, 15) is 0 Å².